The Balaban J connectivity index is 1.56. The maximum atomic E-state index is 13.5. The van der Waals surface area contributed by atoms with Gasteiger partial charge in [0.05, 0.1) is 0 Å². The van der Waals surface area contributed by atoms with E-state index in [9.17, 15) is 13.6 Å². The second-order valence-electron chi connectivity index (χ2n) is 6.01. The van der Waals surface area contributed by atoms with E-state index in [1.165, 1.54) is 5.52 Å². The molecule has 0 spiro atoms. The fourth-order valence-electron chi connectivity index (χ4n) is 2.90. The fourth-order valence-corrected chi connectivity index (χ4v) is 2.90. The lowest BCUT2D eigenvalue weighted by Crippen LogP contribution is -2.23. The van der Waals surface area contributed by atoms with Gasteiger partial charge in [-0.25, -0.2) is 8.78 Å². The summed E-state index contributed by atoms with van der Waals surface area (Å²) in [7, 11) is 0. The number of fused-ring (bicyclic) bond motifs is 1. The zero-order chi connectivity index (χ0) is 17.8. The number of nitrogens with one attached hydrogen (secondary N) is 1. The summed E-state index contributed by atoms with van der Waals surface area (Å²) in [5.74, 6) is -1.22. The van der Waals surface area contributed by atoms with Crippen LogP contribution in [0.4, 0.5) is 8.78 Å². The molecule has 0 aliphatic rings. The van der Waals surface area contributed by atoms with Crippen LogP contribution in [0.5, 0.6) is 0 Å². The van der Waals surface area contributed by atoms with Gasteiger partial charge in [-0.1, -0.05) is 6.07 Å². The Hall–Kier alpha value is -2.69. The first kappa shape index (κ1) is 17.1. The van der Waals surface area contributed by atoms with E-state index >= 15 is 0 Å². The van der Waals surface area contributed by atoms with Crippen LogP contribution in [-0.2, 0) is 24.3 Å². The number of amides is 1. The van der Waals surface area contributed by atoms with Crippen molar-refractivity contribution in [1.82, 2.24) is 9.88 Å². The topological polar surface area (TPSA) is 34.0 Å². The van der Waals surface area contributed by atoms with Gasteiger partial charge in [0, 0.05) is 36.8 Å². The molecule has 0 saturated heterocycles. The van der Waals surface area contributed by atoms with E-state index in [1.54, 1.807) is 0 Å². The normalized spacial score (nSPS) is 11.0. The summed E-state index contributed by atoms with van der Waals surface area (Å²) in [4.78, 5) is 12.0. The Morgan fingerprint density at radius 2 is 1.96 bits per heavy atom. The van der Waals surface area contributed by atoms with E-state index in [-0.39, 0.29) is 18.0 Å². The molecule has 0 bridgehead atoms. The molecule has 1 aromatic heterocycles. The summed E-state index contributed by atoms with van der Waals surface area (Å²) in [6.07, 6.45) is 2.95. The van der Waals surface area contributed by atoms with Gasteiger partial charge < -0.3 is 9.88 Å². The molecule has 0 atom stereocenters. The Bertz CT molecular complexity index is 902. The number of benzene rings is 2. The van der Waals surface area contributed by atoms with Gasteiger partial charge in [0.1, 0.15) is 11.6 Å². The minimum Gasteiger partial charge on any atom is -0.352 e. The maximum absolute atomic E-state index is 13.5. The van der Waals surface area contributed by atoms with Crippen molar-refractivity contribution in [2.45, 2.75) is 32.9 Å². The molecule has 0 unspecified atom stereocenters. The van der Waals surface area contributed by atoms with E-state index in [2.05, 4.69) is 41.2 Å². The Kier molecular flexibility index (Phi) is 5.12. The summed E-state index contributed by atoms with van der Waals surface area (Å²) in [5.41, 5.74) is 2.40. The molecule has 1 heterocycles. The number of carbonyl (C=O) groups excluding carboxylic acids is 1. The highest BCUT2D eigenvalue weighted by molar-refractivity contribution is 5.81. The molecule has 130 valence electrons. The van der Waals surface area contributed by atoms with Gasteiger partial charge in [-0.05, 0) is 60.7 Å². The number of aryl methyl sites for hydroxylation is 2. The lowest BCUT2D eigenvalue weighted by atomic mass is 10.1. The SMILES string of the molecule is CCn1ccc2cc(CCC(=O)NCc3cc(F)ccc3F)ccc21. The molecule has 3 aromatic rings. The van der Waals surface area contributed by atoms with Crippen molar-refractivity contribution in [3.63, 3.8) is 0 Å². The third-order valence-electron chi connectivity index (χ3n) is 4.30. The summed E-state index contributed by atoms with van der Waals surface area (Å²) in [5, 5.41) is 3.79. The van der Waals surface area contributed by atoms with Crippen LogP contribution in [-0.4, -0.2) is 10.5 Å². The molecule has 5 heteroatoms. The predicted octanol–water partition coefficient (Wildman–Crippen LogP) is 4.19. The van der Waals surface area contributed by atoms with Crippen molar-refractivity contribution in [1.29, 1.82) is 0 Å². The summed E-state index contributed by atoms with van der Waals surface area (Å²) < 4.78 is 28.8. The molecule has 0 aliphatic carbocycles. The van der Waals surface area contributed by atoms with Crippen molar-refractivity contribution < 1.29 is 13.6 Å². The third-order valence-corrected chi connectivity index (χ3v) is 4.30. The van der Waals surface area contributed by atoms with E-state index in [0.717, 1.165) is 35.7 Å². The van der Waals surface area contributed by atoms with Crippen LogP contribution in [0.1, 0.15) is 24.5 Å². The second-order valence-corrected chi connectivity index (χ2v) is 6.01. The van der Waals surface area contributed by atoms with Crippen molar-refractivity contribution in [3.05, 3.63) is 71.4 Å². The molecule has 0 saturated carbocycles. The van der Waals surface area contributed by atoms with Gasteiger partial charge in [0.15, 0.2) is 0 Å². The molecule has 3 nitrogen and oxygen atoms in total. The molecule has 0 fully saturated rings. The van der Waals surface area contributed by atoms with Gasteiger partial charge in [-0.2, -0.15) is 0 Å². The Labute approximate surface area is 145 Å². The number of aromatic nitrogens is 1. The van der Waals surface area contributed by atoms with E-state index in [1.807, 2.05) is 6.07 Å². The molecule has 0 radical (unpaired) electrons. The van der Waals surface area contributed by atoms with Crippen molar-refractivity contribution in [2.24, 2.45) is 0 Å². The Morgan fingerprint density at radius 3 is 2.76 bits per heavy atom. The number of carbonyl (C=O) groups is 1. The highest BCUT2D eigenvalue weighted by Crippen LogP contribution is 2.18. The first-order valence-corrected chi connectivity index (χ1v) is 8.35. The van der Waals surface area contributed by atoms with Crippen LogP contribution in [0.3, 0.4) is 0 Å². The van der Waals surface area contributed by atoms with Gasteiger partial charge >= 0.3 is 0 Å². The molecular weight excluding hydrogens is 322 g/mol. The molecule has 1 amide bonds. The van der Waals surface area contributed by atoms with Crippen LogP contribution < -0.4 is 5.32 Å². The number of hydrogen-bond acceptors (Lipinski definition) is 1. The van der Waals surface area contributed by atoms with E-state index in [0.29, 0.717) is 12.8 Å². The van der Waals surface area contributed by atoms with Crippen LogP contribution >= 0.6 is 0 Å². The van der Waals surface area contributed by atoms with Gasteiger partial charge in [0.2, 0.25) is 5.91 Å². The lowest BCUT2D eigenvalue weighted by Gasteiger charge is -2.07. The van der Waals surface area contributed by atoms with Gasteiger partial charge in [0.25, 0.3) is 0 Å². The fraction of sp³-hybridized carbons (Fsp3) is 0.250. The summed E-state index contributed by atoms with van der Waals surface area (Å²) in [6, 6.07) is 11.5. The van der Waals surface area contributed by atoms with Crippen molar-refractivity contribution in [2.75, 3.05) is 0 Å². The zero-order valence-electron chi connectivity index (χ0n) is 14.1. The highest BCUT2D eigenvalue weighted by atomic mass is 19.1. The average Bonchev–Trinajstić information content (AvgIpc) is 3.03. The van der Waals surface area contributed by atoms with Crippen LogP contribution in [0.25, 0.3) is 10.9 Å². The van der Waals surface area contributed by atoms with Crippen LogP contribution in [0.2, 0.25) is 0 Å². The second kappa shape index (κ2) is 7.47. The molecule has 3 rings (SSSR count). The third kappa shape index (κ3) is 4.05. The van der Waals surface area contributed by atoms with Gasteiger partial charge in [-0.15, -0.1) is 0 Å². The van der Waals surface area contributed by atoms with E-state index < -0.39 is 11.6 Å². The first-order valence-electron chi connectivity index (χ1n) is 8.35. The van der Waals surface area contributed by atoms with Crippen molar-refractivity contribution in [3.8, 4) is 0 Å². The minimum atomic E-state index is -0.521. The molecule has 1 N–H and O–H groups in total. The highest BCUT2D eigenvalue weighted by Gasteiger charge is 2.08. The summed E-state index contributed by atoms with van der Waals surface area (Å²) in [6.45, 7) is 3.00. The van der Waals surface area contributed by atoms with Gasteiger partial charge in [-0.3, -0.25) is 4.79 Å². The monoisotopic (exact) mass is 342 g/mol. The predicted molar refractivity (Wildman–Crippen MR) is 94.1 cm³/mol. The average molecular weight is 342 g/mol. The maximum Gasteiger partial charge on any atom is 0.220 e. The van der Waals surface area contributed by atoms with Crippen LogP contribution in [0.15, 0.2) is 48.7 Å². The molecule has 0 aliphatic heterocycles. The quantitative estimate of drug-likeness (QED) is 0.716. The summed E-state index contributed by atoms with van der Waals surface area (Å²) >= 11 is 0. The number of nitrogens with zero attached hydrogens (tertiary/aromatic N) is 1. The molecule has 2 aromatic carbocycles. The number of rotatable bonds is 6. The van der Waals surface area contributed by atoms with Crippen LogP contribution in [0, 0.1) is 11.6 Å². The Morgan fingerprint density at radius 1 is 1.12 bits per heavy atom. The van der Waals surface area contributed by atoms with Crippen molar-refractivity contribution >= 4 is 16.8 Å². The first-order chi connectivity index (χ1) is 12.1. The largest absolute Gasteiger partial charge is 0.352 e. The lowest BCUT2D eigenvalue weighted by molar-refractivity contribution is -0.121. The molecule has 25 heavy (non-hydrogen) atoms. The molecular formula is C20H20F2N2O. The number of hydrogen-bond donors (Lipinski definition) is 1. The smallest absolute Gasteiger partial charge is 0.220 e. The standard InChI is InChI=1S/C20H20F2N2O/c1-2-24-10-9-15-11-14(3-7-19(15)24)4-8-20(25)23-13-16-12-17(21)5-6-18(16)22/h3,5-7,9-12H,2,4,8,13H2,1H3,(H,23,25). The minimum absolute atomic E-state index is 0.0131. The zero-order valence-corrected chi connectivity index (χ0v) is 14.1. The number of halogens is 2. The van der Waals surface area contributed by atoms with E-state index in [4.69, 9.17) is 0 Å².